The van der Waals surface area contributed by atoms with Crippen LogP contribution in [0.1, 0.15) is 115 Å². The number of nitrogens with two attached hydrogens (primary N) is 1. The maximum atomic E-state index is 12.2. The number of rotatable bonds is 30. The highest BCUT2D eigenvalue weighted by Gasteiger charge is 2.48. The van der Waals surface area contributed by atoms with Crippen molar-refractivity contribution in [2.24, 2.45) is 5.11 Å². The van der Waals surface area contributed by atoms with Crippen LogP contribution in [0.25, 0.3) is 21.6 Å². The molecule has 3 rings (SSSR count). The van der Waals surface area contributed by atoms with Crippen LogP contribution in [0.2, 0.25) is 0 Å². The summed E-state index contributed by atoms with van der Waals surface area (Å²) in [6.45, 7) is 39.2. The Hall–Kier alpha value is -2.06. The van der Waals surface area contributed by atoms with Crippen molar-refractivity contribution in [2.45, 2.75) is 133 Å². The first-order chi connectivity index (χ1) is 33.8. The summed E-state index contributed by atoms with van der Waals surface area (Å²) < 4.78 is 75.4. The number of aliphatic hydroxyl groups is 2. The van der Waals surface area contributed by atoms with Crippen molar-refractivity contribution in [3.8, 4) is 0 Å². The fraction of sp³-hybridized carbons (Fsp3) is 0.875. The molecule has 3 heterocycles. The Morgan fingerprint density at radius 1 is 0.625 bits per heavy atom. The molecular weight excluding hydrogens is 1030 g/mol. The molecule has 1 aliphatic rings. The van der Waals surface area contributed by atoms with E-state index >= 15 is 0 Å². The number of hydrogen-bond donors (Lipinski definition) is 7. The molecule has 1 aliphatic heterocycles. The Morgan fingerprint density at radius 2 is 1.03 bits per heavy atom. The molecule has 0 saturated carbocycles. The van der Waals surface area contributed by atoms with E-state index in [1.807, 2.05) is 0 Å². The molecule has 2 aromatic heterocycles. The summed E-state index contributed by atoms with van der Waals surface area (Å²) in [5.74, 6) is 0.00884. The van der Waals surface area contributed by atoms with Gasteiger partial charge in [0.15, 0.2) is 17.7 Å². The van der Waals surface area contributed by atoms with Gasteiger partial charge in [-0.3, -0.25) is 13.6 Å². The molecule has 8 N–H and O–H groups in total. The molecule has 72 heavy (non-hydrogen) atoms. The minimum atomic E-state index is -6.03. The Labute approximate surface area is 426 Å². The van der Waals surface area contributed by atoms with E-state index in [2.05, 4.69) is 150 Å². The molecule has 0 radical (unpaired) electrons. The van der Waals surface area contributed by atoms with Crippen molar-refractivity contribution in [3.05, 3.63) is 23.1 Å². The Bertz CT molecular complexity index is 1890. The molecule has 1 saturated heterocycles. The van der Waals surface area contributed by atoms with Gasteiger partial charge in [0.2, 0.25) is 0 Å². The maximum Gasteiger partial charge on any atom is 0.490 e. The lowest BCUT2D eigenvalue weighted by Crippen LogP contribution is -2.33. The molecule has 424 valence electrons. The summed E-state index contributed by atoms with van der Waals surface area (Å²) in [4.78, 5) is 62.5. The largest absolute Gasteiger partial charge is 0.490 e. The lowest BCUT2D eigenvalue weighted by molar-refractivity contribution is -0.0503. The topological polar surface area (TPSA) is 376 Å². The lowest BCUT2D eigenvalue weighted by Gasteiger charge is -2.20. The van der Waals surface area contributed by atoms with E-state index in [1.54, 1.807) is 0 Å². The summed E-state index contributed by atoms with van der Waals surface area (Å²) in [7, 11) is -23.0. The van der Waals surface area contributed by atoms with Crippen LogP contribution >= 0.6 is 31.3 Å². The van der Waals surface area contributed by atoms with Crippen molar-refractivity contribution < 1.29 is 74.8 Å². The smallest absolute Gasteiger partial charge is 0.387 e. The molecule has 32 heteroatoms. The average molecular weight is 1120 g/mol. The van der Waals surface area contributed by atoms with Gasteiger partial charge < -0.3 is 59.9 Å². The lowest BCUT2D eigenvalue weighted by atomic mass is 10.1. The number of hydrogen-bond acceptors (Lipinski definition) is 21. The van der Waals surface area contributed by atoms with Gasteiger partial charge in [0.05, 0.1) is 19.5 Å². The molecule has 8 atom stereocenters. The second kappa shape index (κ2) is 39.3. The zero-order valence-electron chi connectivity index (χ0n) is 44.5. The van der Waals surface area contributed by atoms with Crippen molar-refractivity contribution in [1.29, 1.82) is 0 Å². The highest BCUT2D eigenvalue weighted by atomic mass is 31.3. The fourth-order valence-electron chi connectivity index (χ4n) is 6.33. The van der Waals surface area contributed by atoms with Crippen LogP contribution in [0.3, 0.4) is 0 Å². The monoisotopic (exact) mass is 1120 g/mol. The number of imidazole rings is 1. The molecule has 0 spiro atoms. The highest BCUT2D eigenvalue weighted by molar-refractivity contribution is 7.69. The van der Waals surface area contributed by atoms with Gasteiger partial charge in [0.1, 0.15) is 30.2 Å². The first-order valence-electron chi connectivity index (χ1n) is 24.4. The maximum absolute atomic E-state index is 12.2. The van der Waals surface area contributed by atoms with E-state index in [9.17, 15) is 48.0 Å². The van der Waals surface area contributed by atoms with Gasteiger partial charge in [-0.1, -0.05) is 101 Å². The number of azide groups is 1. The number of anilines is 1. The second-order valence-electron chi connectivity index (χ2n) is 15.2. The van der Waals surface area contributed by atoms with E-state index in [1.165, 1.54) is 89.4 Å². The number of aromatic nitrogens is 4. The van der Waals surface area contributed by atoms with E-state index < -0.39 is 69.0 Å². The van der Waals surface area contributed by atoms with Gasteiger partial charge in [-0.25, -0.2) is 33.2 Å². The third-order valence-electron chi connectivity index (χ3n) is 10.9. The third kappa shape index (κ3) is 30.5. The van der Waals surface area contributed by atoms with Crippen LogP contribution in [0.15, 0.2) is 17.8 Å². The number of fused-ring (bicyclic) bond motifs is 1. The summed E-state index contributed by atoms with van der Waals surface area (Å²) in [6, 6.07) is 0. The second-order valence-corrected chi connectivity index (χ2v) is 21.4. The standard InChI is InChI=1S/C16H28N8O16P4.4C6H15N/c17-14-11-15(20-8-19-14)24(9-21-11)16-13(26)12(25)10(37-16)7-36-42(29,30)39-44(33,34)40-43(31,32)38-41(27,28)35-6-4-2-1-3-5-22-23-18;4*1-4-7(5-2)6-3/h8-10,12-13,16,25-26H,1-7H2,(H,27,28)(H,29,30)(H,31,32)(H,33,34)(H2,17,19,20);4*4-6H2,1-3H3/t10-,12-,13-,16-;;;;/m1..../s1. The minimum Gasteiger partial charge on any atom is -0.387 e. The van der Waals surface area contributed by atoms with Crippen LogP contribution in [0, 0.1) is 0 Å². The number of phosphoric ester groups is 2. The normalized spacial score (nSPS) is 19.8. The van der Waals surface area contributed by atoms with Crippen molar-refractivity contribution in [2.75, 3.05) is 104 Å². The fourth-order valence-corrected chi connectivity index (χ4v) is 11.3. The van der Waals surface area contributed by atoms with Crippen molar-refractivity contribution in [1.82, 2.24) is 39.1 Å². The summed E-state index contributed by atoms with van der Waals surface area (Å²) in [5.41, 5.74) is 14.1. The van der Waals surface area contributed by atoms with Crippen LogP contribution < -0.4 is 5.73 Å². The predicted molar refractivity (Wildman–Crippen MR) is 276 cm³/mol. The number of nitrogen functional groups attached to an aromatic ring is 1. The number of ether oxygens (including phenoxy) is 1. The van der Waals surface area contributed by atoms with Gasteiger partial charge in [-0.15, -0.1) is 0 Å². The van der Waals surface area contributed by atoms with E-state index in [-0.39, 0.29) is 29.9 Å². The van der Waals surface area contributed by atoms with Crippen LogP contribution in [-0.4, -0.2) is 186 Å². The highest BCUT2D eigenvalue weighted by Crippen LogP contribution is 2.71. The van der Waals surface area contributed by atoms with Crippen LogP contribution in [0.5, 0.6) is 0 Å². The minimum absolute atomic E-state index is 0.00884. The van der Waals surface area contributed by atoms with Crippen molar-refractivity contribution in [3.63, 3.8) is 0 Å². The number of aliphatic hydroxyl groups excluding tert-OH is 2. The van der Waals surface area contributed by atoms with Crippen LogP contribution in [-0.2, 0) is 45.0 Å². The predicted octanol–water partition coefficient (Wildman–Crippen LogP) is 6.78. The molecule has 0 aromatic carbocycles. The molecule has 0 bridgehead atoms. The first kappa shape index (κ1) is 72.0. The van der Waals surface area contributed by atoms with Crippen molar-refractivity contribution >= 4 is 48.3 Å². The molecule has 0 amide bonds. The molecule has 2 aromatic rings. The SMILES string of the molecule is CCN(CC)CC.CCN(CC)CC.CCN(CC)CC.CCN(CC)CC.[N-]=[N+]=NCCCCCCOP(=O)(O)OP(=O)(O)OP(=O)(O)OP(=O)(O)OC[C@H]1O[C@@H](n2cnc3c(N)ncnc32)[C@H](O)[C@@H]1O. The number of phosphoric acid groups is 4. The molecule has 0 aliphatic carbocycles. The zero-order chi connectivity index (χ0) is 55.6. The molecule has 1 fully saturated rings. The van der Waals surface area contributed by atoms with E-state index in [0.717, 1.165) is 6.33 Å². The van der Waals surface area contributed by atoms with Gasteiger partial charge in [-0.05, 0) is 96.9 Å². The summed E-state index contributed by atoms with van der Waals surface area (Å²) in [5, 5.41) is 24.1. The van der Waals surface area contributed by atoms with Gasteiger partial charge in [-0.2, -0.15) is 12.9 Å². The van der Waals surface area contributed by atoms with Gasteiger partial charge in [0, 0.05) is 11.5 Å². The number of nitrogens with zero attached hydrogens (tertiary/aromatic N) is 11. The zero-order valence-corrected chi connectivity index (χ0v) is 48.0. The Balaban J connectivity index is 0. The summed E-state index contributed by atoms with van der Waals surface area (Å²) in [6.07, 6.45) is -2.33. The molecule has 28 nitrogen and oxygen atoms in total. The van der Waals surface area contributed by atoms with Gasteiger partial charge in [0.25, 0.3) is 0 Å². The Morgan fingerprint density at radius 3 is 1.43 bits per heavy atom. The first-order valence-corrected chi connectivity index (χ1v) is 30.4. The third-order valence-corrected chi connectivity index (χ3v) is 16.8. The Kier molecular flexibility index (Phi) is 39.3. The van der Waals surface area contributed by atoms with E-state index in [4.69, 9.17) is 16.0 Å². The summed E-state index contributed by atoms with van der Waals surface area (Å²) >= 11 is 0. The van der Waals surface area contributed by atoms with Crippen LogP contribution in [0.4, 0.5) is 5.82 Å². The molecule has 4 unspecified atom stereocenters. The molecular formula is C40H88N12O16P4. The quantitative estimate of drug-likeness (QED) is 0.0139. The van der Waals surface area contributed by atoms with Gasteiger partial charge >= 0.3 is 31.3 Å². The number of unbranched alkanes of at least 4 members (excludes halogenated alkanes) is 3. The van der Waals surface area contributed by atoms with E-state index in [0.29, 0.717) is 19.3 Å². The average Bonchev–Trinajstić information content (AvgIpc) is 3.88.